The summed E-state index contributed by atoms with van der Waals surface area (Å²) in [5, 5.41) is 3.95. The molecule has 1 N–H and O–H groups in total. The maximum absolute atomic E-state index is 12.2. The highest BCUT2D eigenvalue weighted by atomic mass is 35.5. The summed E-state index contributed by atoms with van der Waals surface area (Å²) >= 11 is 17.5. The molecule has 2 aromatic rings. The van der Waals surface area contributed by atoms with E-state index in [1.54, 1.807) is 49.5 Å². The summed E-state index contributed by atoms with van der Waals surface area (Å²) in [4.78, 5) is 25.5. The summed E-state index contributed by atoms with van der Waals surface area (Å²) in [6, 6.07) is 11.2. The van der Waals surface area contributed by atoms with E-state index >= 15 is 0 Å². The number of carbonyl (C=O) groups is 2. The Morgan fingerprint density at radius 2 is 1.65 bits per heavy atom. The van der Waals surface area contributed by atoms with E-state index in [0.717, 1.165) is 0 Å². The molecule has 0 saturated heterocycles. The molecule has 2 amide bonds. The molecule has 0 aliphatic heterocycles. The molecular formula is C16H13Cl3N2O2. The Kier molecular flexibility index (Phi) is 5.88. The third-order valence-electron chi connectivity index (χ3n) is 3.02. The lowest BCUT2D eigenvalue weighted by Gasteiger charge is -2.17. The second-order valence-electron chi connectivity index (χ2n) is 4.85. The number of nitrogens with one attached hydrogen (secondary N) is 1. The minimum Gasteiger partial charge on any atom is -0.332 e. The number of rotatable bonds is 4. The fourth-order valence-corrected chi connectivity index (χ4v) is 2.30. The van der Waals surface area contributed by atoms with Crippen LogP contribution in [0, 0.1) is 0 Å². The molecule has 0 fully saturated rings. The number of halogens is 3. The van der Waals surface area contributed by atoms with Gasteiger partial charge in [0.05, 0.1) is 16.6 Å². The predicted octanol–water partition coefficient (Wildman–Crippen LogP) is 4.36. The Morgan fingerprint density at radius 3 is 2.26 bits per heavy atom. The molecule has 2 aromatic carbocycles. The SMILES string of the molecule is CN(CC(=O)Nc1ccc(Cl)c(Cl)c1)C(=O)c1ccc(Cl)cc1. The van der Waals surface area contributed by atoms with Gasteiger partial charge >= 0.3 is 0 Å². The van der Waals surface area contributed by atoms with Crippen molar-refractivity contribution in [2.24, 2.45) is 0 Å². The highest BCUT2D eigenvalue weighted by Crippen LogP contribution is 2.24. The van der Waals surface area contributed by atoms with Crippen LogP contribution in [0.5, 0.6) is 0 Å². The number of hydrogen-bond donors (Lipinski definition) is 1. The number of benzene rings is 2. The lowest BCUT2D eigenvalue weighted by atomic mass is 10.2. The number of likely N-dealkylation sites (N-methyl/N-ethyl adjacent to an activating group) is 1. The van der Waals surface area contributed by atoms with Gasteiger partial charge in [-0.25, -0.2) is 0 Å². The van der Waals surface area contributed by atoms with E-state index in [9.17, 15) is 9.59 Å². The van der Waals surface area contributed by atoms with Gasteiger partial charge in [0, 0.05) is 23.3 Å². The summed E-state index contributed by atoms with van der Waals surface area (Å²) < 4.78 is 0. The number of nitrogens with zero attached hydrogens (tertiary/aromatic N) is 1. The second kappa shape index (κ2) is 7.68. The highest BCUT2D eigenvalue weighted by molar-refractivity contribution is 6.42. The first-order valence-electron chi connectivity index (χ1n) is 6.63. The number of amides is 2. The monoisotopic (exact) mass is 370 g/mol. The van der Waals surface area contributed by atoms with Crippen LogP contribution in [0.15, 0.2) is 42.5 Å². The van der Waals surface area contributed by atoms with Gasteiger partial charge in [-0.2, -0.15) is 0 Å². The van der Waals surface area contributed by atoms with Gasteiger partial charge in [0.2, 0.25) is 5.91 Å². The molecule has 2 rings (SSSR count). The number of carbonyl (C=O) groups excluding carboxylic acids is 2. The summed E-state index contributed by atoms with van der Waals surface area (Å²) in [7, 11) is 1.55. The Labute approximate surface area is 148 Å². The fourth-order valence-electron chi connectivity index (χ4n) is 1.87. The van der Waals surface area contributed by atoms with Gasteiger partial charge in [-0.15, -0.1) is 0 Å². The van der Waals surface area contributed by atoms with E-state index in [4.69, 9.17) is 34.8 Å². The smallest absolute Gasteiger partial charge is 0.254 e. The Hall–Kier alpha value is -1.75. The molecule has 7 heteroatoms. The van der Waals surface area contributed by atoms with Crippen LogP contribution in [0.3, 0.4) is 0 Å². The third kappa shape index (κ3) is 4.86. The first-order valence-corrected chi connectivity index (χ1v) is 7.76. The standard InChI is InChI=1S/C16H13Cl3N2O2/c1-21(16(23)10-2-4-11(17)5-3-10)9-15(22)20-12-6-7-13(18)14(19)8-12/h2-8H,9H2,1H3,(H,20,22). The van der Waals surface area contributed by atoms with Gasteiger partial charge in [-0.1, -0.05) is 34.8 Å². The lowest BCUT2D eigenvalue weighted by Crippen LogP contribution is -2.34. The topological polar surface area (TPSA) is 49.4 Å². The molecule has 0 heterocycles. The van der Waals surface area contributed by atoms with Gasteiger partial charge < -0.3 is 10.2 Å². The molecule has 0 aliphatic carbocycles. The van der Waals surface area contributed by atoms with Gasteiger partial charge in [-0.05, 0) is 42.5 Å². The maximum atomic E-state index is 12.2. The van der Waals surface area contributed by atoms with E-state index in [0.29, 0.717) is 26.3 Å². The zero-order valence-electron chi connectivity index (χ0n) is 12.1. The first kappa shape index (κ1) is 17.6. The van der Waals surface area contributed by atoms with E-state index < -0.39 is 0 Å². The molecule has 4 nitrogen and oxygen atoms in total. The van der Waals surface area contributed by atoms with E-state index in [1.807, 2.05) is 0 Å². The summed E-state index contributed by atoms with van der Waals surface area (Å²) in [6.07, 6.45) is 0. The molecule has 0 radical (unpaired) electrons. The molecule has 0 atom stereocenters. The molecular weight excluding hydrogens is 359 g/mol. The molecule has 23 heavy (non-hydrogen) atoms. The van der Waals surface area contributed by atoms with Gasteiger partial charge in [-0.3, -0.25) is 9.59 Å². The Morgan fingerprint density at radius 1 is 1.00 bits per heavy atom. The van der Waals surface area contributed by atoms with Crippen LogP contribution in [-0.4, -0.2) is 30.3 Å². The largest absolute Gasteiger partial charge is 0.332 e. The summed E-state index contributed by atoms with van der Waals surface area (Å²) in [5.74, 6) is -0.612. The first-order chi connectivity index (χ1) is 10.9. The Balaban J connectivity index is 1.97. The fraction of sp³-hybridized carbons (Fsp3) is 0.125. The van der Waals surface area contributed by atoms with Crippen molar-refractivity contribution in [3.05, 3.63) is 63.1 Å². The van der Waals surface area contributed by atoms with Crippen LogP contribution in [-0.2, 0) is 4.79 Å². The maximum Gasteiger partial charge on any atom is 0.254 e. The van der Waals surface area contributed by atoms with Gasteiger partial charge in [0.25, 0.3) is 5.91 Å². The normalized spacial score (nSPS) is 10.3. The van der Waals surface area contributed by atoms with Crippen molar-refractivity contribution in [2.45, 2.75) is 0 Å². The van der Waals surface area contributed by atoms with Crippen molar-refractivity contribution in [1.29, 1.82) is 0 Å². The minimum atomic E-state index is -0.340. The summed E-state index contributed by atoms with van der Waals surface area (Å²) in [6.45, 7) is -0.0955. The van der Waals surface area contributed by atoms with Crippen molar-refractivity contribution in [2.75, 3.05) is 18.9 Å². The van der Waals surface area contributed by atoms with Crippen molar-refractivity contribution < 1.29 is 9.59 Å². The molecule has 0 saturated carbocycles. The highest BCUT2D eigenvalue weighted by Gasteiger charge is 2.15. The van der Waals surface area contributed by atoms with Crippen molar-refractivity contribution in [3.63, 3.8) is 0 Å². The van der Waals surface area contributed by atoms with Crippen LogP contribution in [0.2, 0.25) is 15.1 Å². The van der Waals surface area contributed by atoms with Gasteiger partial charge in [0.15, 0.2) is 0 Å². The van der Waals surface area contributed by atoms with Crippen LogP contribution >= 0.6 is 34.8 Å². The molecule has 120 valence electrons. The second-order valence-corrected chi connectivity index (χ2v) is 6.10. The Bertz CT molecular complexity index is 733. The molecule has 0 spiro atoms. The van der Waals surface area contributed by atoms with Crippen LogP contribution in [0.4, 0.5) is 5.69 Å². The van der Waals surface area contributed by atoms with Crippen molar-refractivity contribution in [3.8, 4) is 0 Å². The van der Waals surface area contributed by atoms with Gasteiger partial charge in [0.1, 0.15) is 0 Å². The lowest BCUT2D eigenvalue weighted by molar-refractivity contribution is -0.116. The van der Waals surface area contributed by atoms with Crippen molar-refractivity contribution >= 4 is 52.3 Å². The quantitative estimate of drug-likeness (QED) is 0.868. The average molecular weight is 372 g/mol. The number of anilines is 1. The molecule has 0 aromatic heterocycles. The van der Waals surface area contributed by atoms with Crippen LogP contribution < -0.4 is 5.32 Å². The van der Waals surface area contributed by atoms with Crippen molar-refractivity contribution in [1.82, 2.24) is 4.90 Å². The third-order valence-corrected chi connectivity index (χ3v) is 4.01. The zero-order valence-corrected chi connectivity index (χ0v) is 14.4. The van der Waals surface area contributed by atoms with Crippen LogP contribution in [0.25, 0.3) is 0 Å². The average Bonchev–Trinajstić information content (AvgIpc) is 2.51. The molecule has 0 bridgehead atoms. The minimum absolute atomic E-state index is 0.0955. The van der Waals surface area contributed by atoms with E-state index in [-0.39, 0.29) is 18.4 Å². The summed E-state index contributed by atoms with van der Waals surface area (Å²) in [5.41, 5.74) is 0.968. The predicted molar refractivity (Wildman–Crippen MR) is 93.5 cm³/mol. The molecule has 0 aliphatic rings. The number of hydrogen-bond acceptors (Lipinski definition) is 2. The van der Waals surface area contributed by atoms with E-state index in [1.165, 1.54) is 4.90 Å². The van der Waals surface area contributed by atoms with Crippen LogP contribution in [0.1, 0.15) is 10.4 Å². The zero-order chi connectivity index (χ0) is 17.0. The molecule has 0 unspecified atom stereocenters. The van der Waals surface area contributed by atoms with E-state index in [2.05, 4.69) is 5.32 Å².